The van der Waals surface area contributed by atoms with Crippen molar-refractivity contribution in [3.05, 3.63) is 40.4 Å². The molecule has 0 radical (unpaired) electrons. The molecule has 0 saturated carbocycles. The van der Waals surface area contributed by atoms with Gasteiger partial charge >= 0.3 is 0 Å². The van der Waals surface area contributed by atoms with Crippen molar-refractivity contribution in [1.82, 2.24) is 25.4 Å². The van der Waals surface area contributed by atoms with Gasteiger partial charge in [0, 0.05) is 19.2 Å². The average Bonchev–Trinajstić information content (AvgIpc) is 2.72. The highest BCUT2D eigenvalue weighted by atomic mass is 35.5. The minimum Gasteiger partial charge on any atom is -0.271 e. The minimum atomic E-state index is -0.0746. The van der Waals surface area contributed by atoms with E-state index in [0.29, 0.717) is 11.4 Å². The predicted molar refractivity (Wildman–Crippen MR) is 73.4 cm³/mol. The summed E-state index contributed by atoms with van der Waals surface area (Å²) in [6.07, 6.45) is 3.98. The van der Waals surface area contributed by atoms with Crippen LogP contribution in [0.3, 0.4) is 0 Å². The Morgan fingerprint density at radius 2 is 2.26 bits per heavy atom. The van der Waals surface area contributed by atoms with Gasteiger partial charge in [0.2, 0.25) is 0 Å². The molecule has 2 heterocycles. The van der Waals surface area contributed by atoms with Crippen molar-refractivity contribution < 1.29 is 0 Å². The number of nitrogens with two attached hydrogens (primary N) is 1. The summed E-state index contributed by atoms with van der Waals surface area (Å²) in [6, 6.07) is 1.81. The molecule has 0 spiro atoms. The molecule has 2 aromatic heterocycles. The molecule has 0 aliphatic heterocycles. The summed E-state index contributed by atoms with van der Waals surface area (Å²) in [7, 11) is 0. The van der Waals surface area contributed by atoms with Crippen molar-refractivity contribution in [2.75, 3.05) is 0 Å². The molecule has 2 aromatic rings. The number of nitrogens with zero attached hydrogens (tertiary/aromatic N) is 4. The number of aryl methyl sites for hydroxylation is 2. The smallest absolute Gasteiger partial charge is 0.0847 e. The lowest BCUT2D eigenvalue weighted by atomic mass is 10.0. The van der Waals surface area contributed by atoms with E-state index in [-0.39, 0.29) is 6.04 Å². The van der Waals surface area contributed by atoms with Gasteiger partial charge in [-0.25, -0.2) is 0 Å². The summed E-state index contributed by atoms with van der Waals surface area (Å²) in [5.41, 5.74) is 5.56. The van der Waals surface area contributed by atoms with Gasteiger partial charge in [-0.3, -0.25) is 16.0 Å². The normalized spacial score (nSPS) is 12.6. The Labute approximate surface area is 116 Å². The van der Waals surface area contributed by atoms with Gasteiger partial charge in [-0.05, 0) is 25.5 Å². The topological polar surface area (TPSA) is 81.7 Å². The first kappa shape index (κ1) is 13.9. The third-order valence-electron chi connectivity index (χ3n) is 3.06. The predicted octanol–water partition coefficient (Wildman–Crippen LogP) is 1.40. The molecule has 2 rings (SSSR count). The number of aromatic nitrogens is 4. The molecule has 3 N–H and O–H groups in total. The van der Waals surface area contributed by atoms with Gasteiger partial charge in [-0.2, -0.15) is 15.3 Å². The molecular formula is C12H17ClN6. The quantitative estimate of drug-likeness (QED) is 0.639. The van der Waals surface area contributed by atoms with Crippen LogP contribution in [0.5, 0.6) is 0 Å². The molecular weight excluding hydrogens is 264 g/mol. The standard InChI is InChI=1S/C12H17ClN6/c1-3-19-11(12(13)8(2)18-19)6-10(17-14)9-4-5-15-16-7-9/h4-5,7,10,17H,3,6,14H2,1-2H3. The number of rotatable bonds is 5. The summed E-state index contributed by atoms with van der Waals surface area (Å²) in [5.74, 6) is 5.63. The average molecular weight is 281 g/mol. The monoisotopic (exact) mass is 280 g/mol. The Hall–Kier alpha value is -1.50. The van der Waals surface area contributed by atoms with Gasteiger partial charge in [0.05, 0.1) is 28.6 Å². The summed E-state index contributed by atoms with van der Waals surface area (Å²) < 4.78 is 1.90. The second-order valence-electron chi connectivity index (χ2n) is 4.26. The van der Waals surface area contributed by atoms with Crippen molar-refractivity contribution in [3.8, 4) is 0 Å². The zero-order valence-corrected chi connectivity index (χ0v) is 11.7. The van der Waals surface area contributed by atoms with Crippen molar-refractivity contribution >= 4 is 11.6 Å². The fourth-order valence-corrected chi connectivity index (χ4v) is 2.25. The largest absolute Gasteiger partial charge is 0.271 e. The van der Waals surface area contributed by atoms with E-state index in [0.717, 1.165) is 23.5 Å². The van der Waals surface area contributed by atoms with E-state index in [4.69, 9.17) is 17.4 Å². The maximum absolute atomic E-state index is 6.30. The number of hydrogen-bond acceptors (Lipinski definition) is 5. The van der Waals surface area contributed by atoms with Crippen LogP contribution in [0.15, 0.2) is 18.5 Å². The van der Waals surface area contributed by atoms with Gasteiger partial charge in [0.25, 0.3) is 0 Å². The molecule has 0 fully saturated rings. The lowest BCUT2D eigenvalue weighted by Gasteiger charge is -2.16. The fraction of sp³-hybridized carbons (Fsp3) is 0.417. The molecule has 0 aliphatic rings. The number of hydrogen-bond donors (Lipinski definition) is 2. The van der Waals surface area contributed by atoms with Crippen LogP contribution in [0.2, 0.25) is 5.02 Å². The summed E-state index contributed by atoms with van der Waals surface area (Å²) in [4.78, 5) is 0. The molecule has 0 bridgehead atoms. The molecule has 0 saturated heterocycles. The second kappa shape index (κ2) is 6.10. The Morgan fingerprint density at radius 1 is 1.47 bits per heavy atom. The Morgan fingerprint density at radius 3 is 2.84 bits per heavy atom. The first-order valence-corrected chi connectivity index (χ1v) is 6.49. The van der Waals surface area contributed by atoms with Crippen molar-refractivity contribution in [2.24, 2.45) is 5.84 Å². The first-order valence-electron chi connectivity index (χ1n) is 6.11. The first-order chi connectivity index (χ1) is 9.17. The van der Waals surface area contributed by atoms with E-state index in [1.54, 1.807) is 12.4 Å². The Bertz CT molecular complexity index is 539. The van der Waals surface area contributed by atoms with E-state index in [2.05, 4.69) is 20.7 Å². The lowest BCUT2D eigenvalue weighted by Crippen LogP contribution is -2.30. The summed E-state index contributed by atoms with van der Waals surface area (Å²) >= 11 is 6.30. The molecule has 0 aromatic carbocycles. The molecule has 0 aliphatic carbocycles. The zero-order valence-electron chi connectivity index (χ0n) is 11.0. The van der Waals surface area contributed by atoms with Crippen LogP contribution >= 0.6 is 11.6 Å². The minimum absolute atomic E-state index is 0.0746. The molecule has 19 heavy (non-hydrogen) atoms. The van der Waals surface area contributed by atoms with Crippen molar-refractivity contribution in [1.29, 1.82) is 0 Å². The van der Waals surface area contributed by atoms with Crippen molar-refractivity contribution in [2.45, 2.75) is 32.9 Å². The van der Waals surface area contributed by atoms with Crippen LogP contribution in [0.25, 0.3) is 0 Å². The molecule has 6 nitrogen and oxygen atoms in total. The maximum atomic E-state index is 6.30. The zero-order chi connectivity index (χ0) is 13.8. The van der Waals surface area contributed by atoms with Crippen LogP contribution in [0.4, 0.5) is 0 Å². The number of nitrogens with one attached hydrogen (secondary N) is 1. The van der Waals surface area contributed by atoms with Crippen LogP contribution in [-0.4, -0.2) is 20.0 Å². The number of hydrazine groups is 1. The van der Waals surface area contributed by atoms with Crippen LogP contribution in [0.1, 0.15) is 29.9 Å². The maximum Gasteiger partial charge on any atom is 0.0847 e. The Kier molecular flexibility index (Phi) is 4.47. The fourth-order valence-electron chi connectivity index (χ4n) is 2.04. The molecule has 1 unspecified atom stereocenters. The van der Waals surface area contributed by atoms with E-state index < -0.39 is 0 Å². The molecule has 7 heteroatoms. The van der Waals surface area contributed by atoms with Gasteiger partial charge in [0.1, 0.15) is 0 Å². The van der Waals surface area contributed by atoms with Crippen LogP contribution in [0, 0.1) is 6.92 Å². The third kappa shape index (κ3) is 2.91. The van der Waals surface area contributed by atoms with Crippen LogP contribution < -0.4 is 11.3 Å². The van der Waals surface area contributed by atoms with Gasteiger partial charge in [-0.15, -0.1) is 0 Å². The lowest BCUT2D eigenvalue weighted by molar-refractivity contribution is 0.515. The van der Waals surface area contributed by atoms with E-state index in [9.17, 15) is 0 Å². The van der Waals surface area contributed by atoms with Gasteiger partial charge in [0.15, 0.2) is 0 Å². The van der Waals surface area contributed by atoms with Gasteiger partial charge < -0.3 is 0 Å². The van der Waals surface area contributed by atoms with E-state index in [1.807, 2.05) is 24.6 Å². The highest BCUT2D eigenvalue weighted by Crippen LogP contribution is 2.25. The second-order valence-corrected chi connectivity index (χ2v) is 4.64. The van der Waals surface area contributed by atoms with Crippen molar-refractivity contribution in [3.63, 3.8) is 0 Å². The van der Waals surface area contributed by atoms with Crippen LogP contribution in [-0.2, 0) is 13.0 Å². The summed E-state index contributed by atoms with van der Waals surface area (Å²) in [6.45, 7) is 4.71. The highest BCUT2D eigenvalue weighted by Gasteiger charge is 2.18. The summed E-state index contributed by atoms with van der Waals surface area (Å²) in [5, 5.41) is 12.7. The molecule has 1 atom stereocenters. The third-order valence-corrected chi connectivity index (χ3v) is 3.55. The van der Waals surface area contributed by atoms with E-state index in [1.165, 1.54) is 0 Å². The highest BCUT2D eigenvalue weighted by molar-refractivity contribution is 6.31. The van der Waals surface area contributed by atoms with Gasteiger partial charge in [-0.1, -0.05) is 11.6 Å². The SMILES string of the molecule is CCn1nc(C)c(Cl)c1CC(NN)c1ccnnc1. The Balaban J connectivity index is 2.29. The van der Waals surface area contributed by atoms with E-state index >= 15 is 0 Å². The number of halogens is 1. The molecule has 0 amide bonds. The molecule has 102 valence electrons.